The minimum absolute atomic E-state index is 0.177. The number of nitrogens with zero attached hydrogens (tertiary/aromatic N) is 1. The molecule has 1 fully saturated rings. The van der Waals surface area contributed by atoms with Gasteiger partial charge in [0.25, 0.3) is 0 Å². The van der Waals surface area contributed by atoms with E-state index in [1.165, 1.54) is 0 Å². The molecule has 0 unspecified atom stereocenters. The molecular formula is C14H16N2O3. The molecule has 0 amide bonds. The molecule has 2 aromatic rings. The molecule has 0 radical (unpaired) electrons. The highest BCUT2D eigenvalue weighted by Gasteiger charge is 2.42. The monoisotopic (exact) mass is 260 g/mol. The van der Waals surface area contributed by atoms with E-state index in [2.05, 4.69) is 9.97 Å². The second kappa shape index (κ2) is 4.26. The Balaban J connectivity index is 1.94. The van der Waals surface area contributed by atoms with Crippen LogP contribution in [0.3, 0.4) is 0 Å². The molecule has 1 aromatic carbocycles. The van der Waals surface area contributed by atoms with Gasteiger partial charge in [-0.3, -0.25) is 4.79 Å². The van der Waals surface area contributed by atoms with Crippen LogP contribution in [0.2, 0.25) is 0 Å². The number of fused-ring (bicyclic) bond motifs is 1. The number of aromatic amines is 1. The van der Waals surface area contributed by atoms with Crippen molar-refractivity contribution in [2.24, 2.45) is 5.41 Å². The van der Waals surface area contributed by atoms with Crippen molar-refractivity contribution in [1.29, 1.82) is 0 Å². The summed E-state index contributed by atoms with van der Waals surface area (Å²) in [6.45, 7) is 0. The lowest BCUT2D eigenvalue weighted by Crippen LogP contribution is -2.30. The first-order valence-electron chi connectivity index (χ1n) is 6.50. The molecule has 0 aliphatic heterocycles. The highest BCUT2D eigenvalue weighted by molar-refractivity contribution is 5.78. The number of carboxylic acid groups (broad SMARTS) is 1. The van der Waals surface area contributed by atoms with Crippen molar-refractivity contribution in [3.8, 4) is 5.75 Å². The number of hydrogen-bond acceptors (Lipinski definition) is 3. The number of aliphatic carboxylic acids is 1. The zero-order valence-corrected chi connectivity index (χ0v) is 10.5. The van der Waals surface area contributed by atoms with E-state index in [-0.39, 0.29) is 5.75 Å². The lowest BCUT2D eigenvalue weighted by atomic mass is 9.82. The topological polar surface area (TPSA) is 86.2 Å². The molecule has 1 aliphatic carbocycles. The predicted octanol–water partition coefficient (Wildman–Crippen LogP) is 2.46. The van der Waals surface area contributed by atoms with Crippen LogP contribution in [0.25, 0.3) is 11.0 Å². The maximum atomic E-state index is 11.5. The fraction of sp³-hybridized carbons (Fsp3) is 0.429. The lowest BCUT2D eigenvalue weighted by molar-refractivity contribution is -0.148. The number of H-pyrrole nitrogens is 1. The molecule has 19 heavy (non-hydrogen) atoms. The summed E-state index contributed by atoms with van der Waals surface area (Å²) in [5, 5.41) is 18.9. The summed E-state index contributed by atoms with van der Waals surface area (Å²) in [6.07, 6.45) is 3.79. The summed E-state index contributed by atoms with van der Waals surface area (Å²) in [5.41, 5.74) is 0.829. The Kier molecular flexibility index (Phi) is 2.69. The lowest BCUT2D eigenvalue weighted by Gasteiger charge is -2.22. The fourth-order valence-electron chi connectivity index (χ4n) is 2.97. The van der Waals surface area contributed by atoms with Crippen LogP contribution >= 0.6 is 0 Å². The summed E-state index contributed by atoms with van der Waals surface area (Å²) in [5.74, 6) is 0.134. The zero-order chi connectivity index (χ0) is 13.5. The third kappa shape index (κ3) is 2.05. The predicted molar refractivity (Wildman–Crippen MR) is 70.0 cm³/mol. The van der Waals surface area contributed by atoms with Gasteiger partial charge < -0.3 is 15.2 Å². The van der Waals surface area contributed by atoms with E-state index < -0.39 is 11.4 Å². The Hall–Kier alpha value is -2.04. The van der Waals surface area contributed by atoms with Crippen molar-refractivity contribution < 1.29 is 15.0 Å². The second-order valence-corrected chi connectivity index (χ2v) is 5.35. The summed E-state index contributed by atoms with van der Waals surface area (Å²) >= 11 is 0. The Bertz CT molecular complexity index is 627. The van der Waals surface area contributed by atoms with Gasteiger partial charge >= 0.3 is 5.97 Å². The molecule has 1 heterocycles. The molecular weight excluding hydrogens is 244 g/mol. The maximum Gasteiger partial charge on any atom is 0.310 e. The first-order valence-corrected chi connectivity index (χ1v) is 6.50. The van der Waals surface area contributed by atoms with Crippen LogP contribution in [0.1, 0.15) is 31.5 Å². The van der Waals surface area contributed by atoms with Crippen LogP contribution in [-0.2, 0) is 11.2 Å². The Labute approximate surface area is 110 Å². The van der Waals surface area contributed by atoms with E-state index in [9.17, 15) is 15.0 Å². The molecule has 5 nitrogen and oxygen atoms in total. The standard InChI is InChI=1S/C14H16N2O3/c17-9-3-4-10-11(7-9)16-12(15-10)8-14(13(18)19)5-1-2-6-14/h3-4,7,17H,1-2,5-6,8H2,(H,15,16)(H,18,19). The van der Waals surface area contributed by atoms with Gasteiger partial charge in [-0.15, -0.1) is 0 Å². The quantitative estimate of drug-likeness (QED) is 0.791. The van der Waals surface area contributed by atoms with Crippen molar-refractivity contribution in [3.05, 3.63) is 24.0 Å². The largest absolute Gasteiger partial charge is 0.508 e. The Morgan fingerprint density at radius 3 is 2.79 bits per heavy atom. The van der Waals surface area contributed by atoms with E-state index in [1.54, 1.807) is 18.2 Å². The second-order valence-electron chi connectivity index (χ2n) is 5.35. The molecule has 0 saturated heterocycles. The number of nitrogens with one attached hydrogen (secondary N) is 1. The van der Waals surface area contributed by atoms with Gasteiger partial charge in [-0.1, -0.05) is 12.8 Å². The number of aromatic nitrogens is 2. The smallest absolute Gasteiger partial charge is 0.310 e. The highest BCUT2D eigenvalue weighted by atomic mass is 16.4. The average Bonchev–Trinajstić information content (AvgIpc) is 2.96. The van der Waals surface area contributed by atoms with Crippen molar-refractivity contribution >= 4 is 17.0 Å². The van der Waals surface area contributed by atoms with Crippen molar-refractivity contribution in [1.82, 2.24) is 9.97 Å². The van der Waals surface area contributed by atoms with E-state index in [4.69, 9.17) is 0 Å². The number of phenolic OH excluding ortho intramolecular Hbond substituents is 1. The van der Waals surface area contributed by atoms with Crippen LogP contribution in [0, 0.1) is 5.41 Å². The normalized spacial score (nSPS) is 17.9. The number of carboxylic acids is 1. The zero-order valence-electron chi connectivity index (χ0n) is 10.5. The third-order valence-electron chi connectivity index (χ3n) is 4.03. The van der Waals surface area contributed by atoms with E-state index in [0.717, 1.165) is 23.9 Å². The molecule has 0 spiro atoms. The Morgan fingerprint density at radius 1 is 1.37 bits per heavy atom. The number of carbonyl (C=O) groups is 1. The number of benzene rings is 1. The van der Waals surface area contributed by atoms with Crippen molar-refractivity contribution in [3.63, 3.8) is 0 Å². The SMILES string of the molecule is O=C(O)C1(Cc2nc3ccc(O)cc3[nH]2)CCCC1. The molecule has 3 N–H and O–H groups in total. The first kappa shape index (κ1) is 12.0. The molecule has 1 aliphatic rings. The van der Waals surface area contributed by atoms with Gasteiger partial charge in [-0.05, 0) is 25.0 Å². The van der Waals surface area contributed by atoms with Crippen LogP contribution < -0.4 is 0 Å². The molecule has 1 aromatic heterocycles. The van der Waals surface area contributed by atoms with Gasteiger partial charge in [-0.2, -0.15) is 0 Å². The summed E-state index contributed by atoms with van der Waals surface area (Å²) < 4.78 is 0. The summed E-state index contributed by atoms with van der Waals surface area (Å²) in [7, 11) is 0. The first-order chi connectivity index (χ1) is 9.09. The van der Waals surface area contributed by atoms with Gasteiger partial charge in [0, 0.05) is 12.5 Å². The van der Waals surface area contributed by atoms with Crippen molar-refractivity contribution in [2.45, 2.75) is 32.1 Å². The van der Waals surface area contributed by atoms with Gasteiger partial charge in [-0.25, -0.2) is 4.98 Å². The minimum Gasteiger partial charge on any atom is -0.508 e. The number of aromatic hydroxyl groups is 1. The van der Waals surface area contributed by atoms with Crippen LogP contribution in [-0.4, -0.2) is 26.2 Å². The fourth-order valence-corrected chi connectivity index (χ4v) is 2.97. The van der Waals surface area contributed by atoms with Crippen LogP contribution in [0.15, 0.2) is 18.2 Å². The van der Waals surface area contributed by atoms with E-state index in [0.29, 0.717) is 25.1 Å². The number of imidazole rings is 1. The highest BCUT2D eigenvalue weighted by Crippen LogP contribution is 2.41. The molecule has 5 heteroatoms. The molecule has 3 rings (SSSR count). The van der Waals surface area contributed by atoms with Crippen LogP contribution in [0.5, 0.6) is 5.75 Å². The number of rotatable bonds is 3. The van der Waals surface area contributed by atoms with E-state index in [1.807, 2.05) is 0 Å². The molecule has 100 valence electrons. The number of phenols is 1. The number of hydrogen-bond donors (Lipinski definition) is 3. The summed E-state index contributed by atoms with van der Waals surface area (Å²) in [6, 6.07) is 4.91. The molecule has 0 atom stereocenters. The minimum atomic E-state index is -0.728. The third-order valence-corrected chi connectivity index (χ3v) is 4.03. The molecule has 0 bridgehead atoms. The molecule has 1 saturated carbocycles. The summed E-state index contributed by atoms with van der Waals surface area (Å²) in [4.78, 5) is 19.0. The van der Waals surface area contributed by atoms with Gasteiger partial charge in [0.2, 0.25) is 0 Å². The van der Waals surface area contributed by atoms with Crippen molar-refractivity contribution in [2.75, 3.05) is 0 Å². The Morgan fingerprint density at radius 2 is 2.11 bits per heavy atom. The van der Waals surface area contributed by atoms with Gasteiger partial charge in [0.15, 0.2) is 0 Å². The maximum absolute atomic E-state index is 11.5. The van der Waals surface area contributed by atoms with Gasteiger partial charge in [0.05, 0.1) is 16.4 Å². The van der Waals surface area contributed by atoms with Gasteiger partial charge in [0.1, 0.15) is 11.6 Å². The average molecular weight is 260 g/mol. The van der Waals surface area contributed by atoms with E-state index >= 15 is 0 Å². The van der Waals surface area contributed by atoms with Crippen LogP contribution in [0.4, 0.5) is 0 Å².